The molecule has 5 nitrogen and oxygen atoms in total. The Balaban J connectivity index is 1.89. The van der Waals surface area contributed by atoms with Crippen molar-refractivity contribution in [3.8, 4) is 0 Å². The van der Waals surface area contributed by atoms with Crippen LogP contribution in [0.2, 0.25) is 0 Å². The highest BCUT2D eigenvalue weighted by Crippen LogP contribution is 2.26. The molecule has 1 aliphatic heterocycles. The van der Waals surface area contributed by atoms with Gasteiger partial charge in [-0.3, -0.25) is 14.4 Å². The predicted molar refractivity (Wildman–Crippen MR) is 98.1 cm³/mol. The Bertz CT molecular complexity index is 810. The summed E-state index contributed by atoms with van der Waals surface area (Å²) in [5, 5.41) is 7.78. The number of carbonyl (C=O) groups excluding carboxylic acids is 1. The average molecular weight is 340 g/mol. The molecule has 1 aliphatic rings. The summed E-state index contributed by atoms with van der Waals surface area (Å²) in [4.78, 5) is 14.4. The number of aromatic nitrogens is 2. The van der Waals surface area contributed by atoms with Crippen LogP contribution in [-0.2, 0) is 11.3 Å². The number of hydrogen-bond donors (Lipinski definition) is 1. The van der Waals surface area contributed by atoms with Crippen LogP contribution in [0.3, 0.4) is 0 Å². The molecule has 1 amide bonds. The highest BCUT2D eigenvalue weighted by molar-refractivity contribution is 7.80. The van der Waals surface area contributed by atoms with Crippen molar-refractivity contribution >= 4 is 29.3 Å². The van der Waals surface area contributed by atoms with Crippen LogP contribution in [0, 0.1) is 6.92 Å². The maximum atomic E-state index is 12.8. The normalized spacial score (nSPS) is 17.5. The average Bonchev–Trinajstić information content (AvgIpc) is 3.08. The van der Waals surface area contributed by atoms with Crippen molar-refractivity contribution in [2.75, 3.05) is 0 Å². The number of aryl methyl sites for hydroxylation is 1. The molecule has 124 valence electrons. The predicted octanol–water partition coefficient (Wildman–Crippen LogP) is 3.03. The minimum absolute atomic E-state index is 0.111. The summed E-state index contributed by atoms with van der Waals surface area (Å²) in [5.41, 5.74) is 3.48. The van der Waals surface area contributed by atoms with Gasteiger partial charge in [0.25, 0.3) is 5.91 Å². The van der Waals surface area contributed by atoms with E-state index in [1.165, 1.54) is 0 Å². The fourth-order valence-electron chi connectivity index (χ4n) is 2.86. The molecule has 1 aromatic heterocycles. The lowest BCUT2D eigenvalue weighted by atomic mass is 10.1. The van der Waals surface area contributed by atoms with Gasteiger partial charge in [0, 0.05) is 17.8 Å². The second kappa shape index (κ2) is 6.57. The first-order valence-electron chi connectivity index (χ1n) is 7.96. The van der Waals surface area contributed by atoms with Crippen LogP contribution in [0.15, 0.2) is 42.2 Å². The van der Waals surface area contributed by atoms with E-state index in [0.717, 1.165) is 23.4 Å². The highest BCUT2D eigenvalue weighted by atomic mass is 32.1. The van der Waals surface area contributed by atoms with Crippen LogP contribution in [0.5, 0.6) is 0 Å². The summed E-state index contributed by atoms with van der Waals surface area (Å²) in [6.07, 6.45) is 3.59. The van der Waals surface area contributed by atoms with Gasteiger partial charge in [0.05, 0.1) is 12.2 Å². The number of thiocarbonyl (C=S) groups is 1. The third kappa shape index (κ3) is 2.85. The third-order valence-electron chi connectivity index (χ3n) is 4.32. The molecule has 0 spiro atoms. The molecule has 1 unspecified atom stereocenters. The Morgan fingerprint density at radius 3 is 2.67 bits per heavy atom. The first-order valence-corrected chi connectivity index (χ1v) is 8.37. The van der Waals surface area contributed by atoms with Gasteiger partial charge in [0.1, 0.15) is 5.70 Å². The zero-order chi connectivity index (χ0) is 17.3. The van der Waals surface area contributed by atoms with Gasteiger partial charge in [-0.15, -0.1) is 0 Å². The van der Waals surface area contributed by atoms with Gasteiger partial charge in [-0.05, 0) is 44.6 Å². The number of rotatable bonds is 4. The summed E-state index contributed by atoms with van der Waals surface area (Å²) in [5.74, 6) is -0.111. The van der Waals surface area contributed by atoms with Crippen molar-refractivity contribution in [1.29, 1.82) is 0 Å². The Labute approximate surface area is 147 Å². The summed E-state index contributed by atoms with van der Waals surface area (Å²) < 4.78 is 1.90. The molecule has 2 heterocycles. The minimum Gasteiger partial charge on any atom is -0.328 e. The van der Waals surface area contributed by atoms with Gasteiger partial charge < -0.3 is 5.32 Å². The topological polar surface area (TPSA) is 50.2 Å². The maximum absolute atomic E-state index is 12.8. The molecule has 1 saturated heterocycles. The lowest BCUT2D eigenvalue weighted by Crippen LogP contribution is -2.33. The van der Waals surface area contributed by atoms with Gasteiger partial charge in [-0.1, -0.05) is 30.3 Å². The molecular weight excluding hydrogens is 320 g/mol. The van der Waals surface area contributed by atoms with Crippen molar-refractivity contribution in [2.45, 2.75) is 33.4 Å². The van der Waals surface area contributed by atoms with E-state index in [-0.39, 0.29) is 11.9 Å². The van der Waals surface area contributed by atoms with Gasteiger partial charge in [-0.2, -0.15) is 5.10 Å². The van der Waals surface area contributed by atoms with Crippen LogP contribution in [0.1, 0.15) is 36.7 Å². The number of nitrogens with zero attached hydrogens (tertiary/aromatic N) is 3. The fourth-order valence-corrected chi connectivity index (χ4v) is 3.21. The molecule has 1 atom stereocenters. The van der Waals surface area contributed by atoms with E-state index in [1.807, 2.05) is 61.9 Å². The van der Waals surface area contributed by atoms with Gasteiger partial charge in [0.2, 0.25) is 0 Å². The van der Waals surface area contributed by atoms with Crippen molar-refractivity contribution in [3.05, 3.63) is 59.0 Å². The van der Waals surface area contributed by atoms with Crippen LogP contribution in [0.25, 0.3) is 6.08 Å². The highest BCUT2D eigenvalue weighted by Gasteiger charge is 2.34. The Hall–Kier alpha value is -2.47. The maximum Gasteiger partial charge on any atom is 0.277 e. The van der Waals surface area contributed by atoms with Crippen molar-refractivity contribution in [3.63, 3.8) is 0 Å². The number of benzene rings is 1. The van der Waals surface area contributed by atoms with Crippen molar-refractivity contribution in [1.82, 2.24) is 20.0 Å². The molecule has 6 heteroatoms. The lowest BCUT2D eigenvalue weighted by molar-refractivity contribution is -0.123. The molecule has 1 N–H and O–H groups in total. The van der Waals surface area contributed by atoms with Crippen LogP contribution in [-0.4, -0.2) is 25.7 Å². The van der Waals surface area contributed by atoms with Crippen LogP contribution in [0.4, 0.5) is 0 Å². The standard InChI is InChI=1S/C18H20N4OS/c1-4-21-12(2)15(11-19-21)10-16-17(23)22(18(24)20-16)13(3)14-8-6-5-7-9-14/h5-11,13H,4H2,1-3H3,(H,20,24)/b16-10-. The van der Waals surface area contributed by atoms with E-state index in [0.29, 0.717) is 10.8 Å². The molecule has 2 aromatic rings. The molecule has 1 aromatic carbocycles. The zero-order valence-corrected chi connectivity index (χ0v) is 14.8. The minimum atomic E-state index is -0.121. The molecule has 1 fully saturated rings. The smallest absolute Gasteiger partial charge is 0.277 e. The molecule has 0 saturated carbocycles. The Morgan fingerprint density at radius 2 is 2.04 bits per heavy atom. The second-order valence-electron chi connectivity index (χ2n) is 5.75. The summed E-state index contributed by atoms with van der Waals surface area (Å²) >= 11 is 5.38. The number of amides is 1. The summed E-state index contributed by atoms with van der Waals surface area (Å²) in [6, 6.07) is 9.75. The quantitative estimate of drug-likeness (QED) is 0.687. The Morgan fingerprint density at radius 1 is 1.33 bits per heavy atom. The monoisotopic (exact) mass is 340 g/mol. The molecule has 0 bridgehead atoms. The fraction of sp³-hybridized carbons (Fsp3) is 0.278. The number of nitrogens with one attached hydrogen (secondary N) is 1. The second-order valence-corrected chi connectivity index (χ2v) is 6.14. The number of carbonyl (C=O) groups is 1. The summed E-state index contributed by atoms with van der Waals surface area (Å²) in [7, 11) is 0. The molecule has 3 rings (SSSR count). The van der Waals surface area contributed by atoms with Crippen LogP contribution >= 0.6 is 12.2 Å². The zero-order valence-electron chi connectivity index (χ0n) is 14.0. The van der Waals surface area contributed by atoms with Crippen molar-refractivity contribution in [2.24, 2.45) is 0 Å². The van der Waals surface area contributed by atoms with E-state index >= 15 is 0 Å². The molecule has 24 heavy (non-hydrogen) atoms. The summed E-state index contributed by atoms with van der Waals surface area (Å²) in [6.45, 7) is 6.80. The van der Waals surface area contributed by atoms with Gasteiger partial charge >= 0.3 is 0 Å². The first-order chi connectivity index (χ1) is 11.5. The lowest BCUT2D eigenvalue weighted by Gasteiger charge is -2.23. The molecule has 0 radical (unpaired) electrons. The largest absolute Gasteiger partial charge is 0.328 e. The van der Waals surface area contributed by atoms with E-state index in [4.69, 9.17) is 12.2 Å². The molecular formula is C18H20N4OS. The van der Waals surface area contributed by atoms with Crippen LogP contribution < -0.4 is 5.32 Å². The van der Waals surface area contributed by atoms with Gasteiger partial charge in [0.15, 0.2) is 5.11 Å². The SMILES string of the molecule is CCn1ncc(/C=C2\NC(=S)N(C(C)c3ccccc3)C2=O)c1C. The van der Waals surface area contributed by atoms with E-state index in [2.05, 4.69) is 10.4 Å². The van der Waals surface area contributed by atoms with E-state index < -0.39 is 0 Å². The first kappa shape index (κ1) is 16.4. The Kier molecular flexibility index (Phi) is 4.49. The van der Waals surface area contributed by atoms with E-state index in [1.54, 1.807) is 11.1 Å². The van der Waals surface area contributed by atoms with E-state index in [9.17, 15) is 4.79 Å². The number of hydrogen-bond acceptors (Lipinski definition) is 3. The third-order valence-corrected chi connectivity index (χ3v) is 4.62. The molecule has 0 aliphatic carbocycles. The van der Waals surface area contributed by atoms with Gasteiger partial charge in [-0.25, -0.2) is 0 Å². The van der Waals surface area contributed by atoms with Crippen molar-refractivity contribution < 1.29 is 4.79 Å².